The number of fused-ring (bicyclic) bond motifs is 1. The molecule has 164 valence electrons. The van der Waals surface area contributed by atoms with Gasteiger partial charge in [-0.3, -0.25) is 0 Å². The molecule has 1 heterocycles. The molecule has 0 radical (unpaired) electrons. The third-order valence-electron chi connectivity index (χ3n) is 5.05. The monoisotopic (exact) mass is 502 g/mol. The van der Waals surface area contributed by atoms with Crippen LogP contribution >= 0.6 is 15.9 Å². The number of nitrogens with two attached hydrogens (primary N) is 1. The zero-order valence-electron chi connectivity index (χ0n) is 17.5. The first-order valence-corrected chi connectivity index (χ1v) is 10.8. The zero-order valence-corrected chi connectivity index (χ0v) is 19.0. The van der Waals surface area contributed by atoms with Gasteiger partial charge in [-0.15, -0.1) is 0 Å². The molecule has 0 saturated heterocycles. The van der Waals surface area contributed by atoms with Crippen molar-refractivity contribution in [3.63, 3.8) is 0 Å². The lowest BCUT2D eigenvalue weighted by Gasteiger charge is -2.27. The van der Waals surface area contributed by atoms with Crippen LogP contribution in [0.15, 0.2) is 95.3 Å². The van der Waals surface area contributed by atoms with Crippen LogP contribution in [-0.4, -0.2) is 12.6 Å². The van der Waals surface area contributed by atoms with Crippen LogP contribution in [0.1, 0.15) is 27.4 Å². The second kappa shape index (κ2) is 9.63. The number of carbonyl (C=O) groups is 1. The van der Waals surface area contributed by atoms with Crippen molar-refractivity contribution in [3.8, 4) is 23.3 Å². The number of hydrogen-bond donors (Lipinski definition) is 1. The number of nitriles is 1. The Morgan fingerprint density at radius 1 is 1.15 bits per heavy atom. The number of halogens is 1. The topological polar surface area (TPSA) is 94.6 Å². The summed E-state index contributed by atoms with van der Waals surface area (Å²) in [5.74, 6) is 0.384. The molecule has 33 heavy (non-hydrogen) atoms. The van der Waals surface area contributed by atoms with Crippen molar-refractivity contribution >= 4 is 21.9 Å². The summed E-state index contributed by atoms with van der Waals surface area (Å²) in [7, 11) is 0. The third kappa shape index (κ3) is 4.61. The summed E-state index contributed by atoms with van der Waals surface area (Å²) in [5, 5.41) is 9.77. The highest BCUT2D eigenvalue weighted by atomic mass is 79.9. The first-order valence-electron chi connectivity index (χ1n) is 10.0. The van der Waals surface area contributed by atoms with Crippen molar-refractivity contribution in [1.82, 2.24) is 0 Å². The Balaban J connectivity index is 1.69. The maximum atomic E-state index is 12.6. The summed E-state index contributed by atoms with van der Waals surface area (Å²) in [6.45, 7) is 4.02. The van der Waals surface area contributed by atoms with Crippen LogP contribution < -0.4 is 19.9 Å². The van der Waals surface area contributed by atoms with Gasteiger partial charge in [0.15, 0.2) is 0 Å². The van der Waals surface area contributed by atoms with E-state index >= 15 is 0 Å². The van der Waals surface area contributed by atoms with Gasteiger partial charge in [-0.25, -0.2) is 4.79 Å². The average molecular weight is 503 g/mol. The third-order valence-corrected chi connectivity index (χ3v) is 5.75. The molecule has 0 saturated carbocycles. The van der Waals surface area contributed by atoms with Crippen LogP contribution in [0.3, 0.4) is 0 Å². The molecule has 1 unspecified atom stereocenters. The van der Waals surface area contributed by atoms with Crippen molar-refractivity contribution in [2.45, 2.75) is 5.92 Å². The highest BCUT2D eigenvalue weighted by molar-refractivity contribution is 9.10. The van der Waals surface area contributed by atoms with Crippen LogP contribution in [0, 0.1) is 11.3 Å². The summed E-state index contributed by atoms with van der Waals surface area (Å²) in [5.41, 5.74) is 8.32. The fraction of sp³-hybridized carbons (Fsp3) is 0.0769. The maximum absolute atomic E-state index is 12.6. The number of ether oxygens (including phenoxy) is 3. The number of hydrogen-bond acceptors (Lipinski definition) is 6. The Hall–Kier alpha value is -4.02. The molecular formula is C26H19BrN2O4. The molecule has 7 heteroatoms. The number of esters is 1. The summed E-state index contributed by atoms with van der Waals surface area (Å²) >= 11 is 3.35. The van der Waals surface area contributed by atoms with E-state index in [0.29, 0.717) is 39.5 Å². The molecule has 3 aromatic carbocycles. The molecule has 4 rings (SSSR count). The van der Waals surface area contributed by atoms with Crippen molar-refractivity contribution < 1.29 is 19.0 Å². The Kier molecular flexibility index (Phi) is 6.48. The quantitative estimate of drug-likeness (QED) is 0.273. The second-order valence-electron chi connectivity index (χ2n) is 7.17. The molecular weight excluding hydrogens is 484 g/mol. The van der Waals surface area contributed by atoms with Crippen LogP contribution in [0.4, 0.5) is 0 Å². The van der Waals surface area contributed by atoms with Crippen molar-refractivity contribution in [1.29, 1.82) is 5.26 Å². The molecule has 0 bridgehead atoms. The maximum Gasteiger partial charge on any atom is 0.344 e. The van der Waals surface area contributed by atoms with Crippen LogP contribution in [0.2, 0.25) is 0 Å². The predicted molar refractivity (Wildman–Crippen MR) is 127 cm³/mol. The van der Waals surface area contributed by atoms with Gasteiger partial charge in [0.1, 0.15) is 35.5 Å². The van der Waals surface area contributed by atoms with E-state index in [1.807, 2.05) is 30.3 Å². The van der Waals surface area contributed by atoms with Gasteiger partial charge in [-0.05, 0) is 51.8 Å². The fourth-order valence-electron chi connectivity index (χ4n) is 3.57. The van der Waals surface area contributed by atoms with Gasteiger partial charge >= 0.3 is 5.97 Å². The molecule has 0 aromatic heterocycles. The van der Waals surface area contributed by atoms with E-state index in [9.17, 15) is 10.1 Å². The number of rotatable bonds is 6. The van der Waals surface area contributed by atoms with Gasteiger partial charge in [0, 0.05) is 16.1 Å². The normalized spacial score (nSPS) is 14.5. The molecule has 2 N–H and O–H groups in total. The predicted octanol–water partition coefficient (Wildman–Crippen LogP) is 5.45. The number of nitrogens with zero attached hydrogens (tertiary/aromatic N) is 1. The SMILES string of the molecule is C=CCOc1cccc(C2C(C#N)=C(N)Oc3cc(OC(=O)c4ccccc4Br)ccc32)c1. The van der Waals surface area contributed by atoms with Crippen LogP contribution in [-0.2, 0) is 0 Å². The highest BCUT2D eigenvalue weighted by Crippen LogP contribution is 2.44. The minimum atomic E-state index is -0.511. The van der Waals surface area contributed by atoms with E-state index in [1.54, 1.807) is 42.5 Å². The van der Waals surface area contributed by atoms with E-state index in [2.05, 4.69) is 28.6 Å². The lowest BCUT2D eigenvalue weighted by Crippen LogP contribution is -2.21. The minimum Gasteiger partial charge on any atom is -0.490 e. The molecule has 6 nitrogen and oxygen atoms in total. The van der Waals surface area contributed by atoms with E-state index in [0.717, 1.165) is 11.1 Å². The van der Waals surface area contributed by atoms with Gasteiger partial charge in [-0.2, -0.15) is 5.26 Å². The fourth-order valence-corrected chi connectivity index (χ4v) is 4.02. The van der Waals surface area contributed by atoms with E-state index < -0.39 is 11.9 Å². The Labute approximate surface area is 199 Å². The van der Waals surface area contributed by atoms with Gasteiger partial charge < -0.3 is 19.9 Å². The molecule has 1 atom stereocenters. The number of benzene rings is 3. The average Bonchev–Trinajstić information content (AvgIpc) is 2.82. The highest BCUT2D eigenvalue weighted by Gasteiger charge is 2.31. The van der Waals surface area contributed by atoms with E-state index in [1.165, 1.54) is 0 Å². The first kappa shape index (κ1) is 22.2. The van der Waals surface area contributed by atoms with Gasteiger partial charge in [0.2, 0.25) is 5.88 Å². The van der Waals surface area contributed by atoms with Crippen molar-refractivity contribution in [2.24, 2.45) is 5.73 Å². The lowest BCUT2D eigenvalue weighted by atomic mass is 9.83. The Morgan fingerprint density at radius 3 is 2.73 bits per heavy atom. The zero-order chi connectivity index (χ0) is 23.4. The van der Waals surface area contributed by atoms with Gasteiger partial charge in [-0.1, -0.05) is 43.0 Å². The van der Waals surface area contributed by atoms with E-state index in [4.69, 9.17) is 19.9 Å². The van der Waals surface area contributed by atoms with Gasteiger partial charge in [0.05, 0.1) is 11.5 Å². The summed E-state index contributed by atoms with van der Waals surface area (Å²) in [6.07, 6.45) is 1.66. The number of allylic oxidation sites excluding steroid dienone is 1. The van der Waals surface area contributed by atoms with E-state index in [-0.39, 0.29) is 5.88 Å². The lowest BCUT2D eigenvalue weighted by molar-refractivity contribution is 0.0733. The molecule has 0 amide bonds. The Morgan fingerprint density at radius 2 is 1.97 bits per heavy atom. The van der Waals surface area contributed by atoms with Crippen LogP contribution in [0.25, 0.3) is 0 Å². The standard InChI is InChI=1S/C26H19BrN2O4/c1-2-12-31-17-7-5-6-16(13-17)24-20-11-10-18(14-23(20)33-25(29)21(24)15-28)32-26(30)19-8-3-4-9-22(19)27/h2-11,13-14,24H,1,12,29H2. The molecule has 1 aliphatic rings. The van der Waals surface area contributed by atoms with Crippen LogP contribution in [0.5, 0.6) is 17.2 Å². The summed E-state index contributed by atoms with van der Waals surface area (Å²) < 4.78 is 17.5. The summed E-state index contributed by atoms with van der Waals surface area (Å²) in [4.78, 5) is 12.6. The van der Waals surface area contributed by atoms with Crippen molar-refractivity contribution in [3.05, 3.63) is 112 Å². The minimum absolute atomic E-state index is 0.00157. The summed E-state index contributed by atoms with van der Waals surface area (Å²) in [6, 6.07) is 21.6. The second-order valence-corrected chi connectivity index (χ2v) is 8.02. The largest absolute Gasteiger partial charge is 0.490 e. The molecule has 3 aromatic rings. The molecule has 0 fully saturated rings. The van der Waals surface area contributed by atoms with Gasteiger partial charge in [0.25, 0.3) is 0 Å². The molecule has 1 aliphatic heterocycles. The first-order chi connectivity index (χ1) is 16.0. The Bertz CT molecular complexity index is 1310. The molecule has 0 spiro atoms. The van der Waals surface area contributed by atoms with Crippen molar-refractivity contribution in [2.75, 3.05) is 6.61 Å². The number of carbonyl (C=O) groups excluding carboxylic acids is 1. The molecule has 0 aliphatic carbocycles. The smallest absolute Gasteiger partial charge is 0.344 e.